The van der Waals surface area contributed by atoms with Crippen LogP contribution in [-0.4, -0.2) is 37.5 Å². The van der Waals surface area contributed by atoms with Crippen LogP contribution in [0.4, 0.5) is 11.5 Å². The summed E-state index contributed by atoms with van der Waals surface area (Å²) in [7, 11) is 9.35. The van der Waals surface area contributed by atoms with Crippen molar-refractivity contribution in [3.63, 3.8) is 0 Å². The molecular formula is C15H112BN3O3. The van der Waals surface area contributed by atoms with E-state index in [4.69, 9.17) is 159 Å². The third-order valence-corrected chi connectivity index (χ3v) is 2.88. The number of aromatic nitrogens is 1. The van der Waals surface area contributed by atoms with Crippen LogP contribution in [0.25, 0.3) is 4.85 Å². The van der Waals surface area contributed by atoms with Gasteiger partial charge in [-0.1, -0.05) is 11.5 Å². The lowest BCUT2D eigenvalue weighted by Crippen LogP contribution is -2.11. The van der Waals surface area contributed by atoms with Crippen molar-refractivity contribution in [3.05, 3.63) is 47.3 Å². The van der Waals surface area contributed by atoms with E-state index in [1.807, 2.05) is 14.1 Å². The van der Waals surface area contributed by atoms with E-state index in [1.165, 1.54) is 0 Å². The summed E-state index contributed by atoms with van der Waals surface area (Å²) in [5, 5.41) is 9.20. The Morgan fingerprint density at radius 1 is 1.41 bits per heavy atom. The Kier molecular flexibility index (Phi) is 0.508. The van der Waals surface area contributed by atoms with Crippen LogP contribution in [0.5, 0.6) is 11.6 Å². The molecule has 6 nitrogen and oxygen atoms in total. The largest absolute Gasteiger partial charge is 0.439 e. The van der Waals surface area contributed by atoms with E-state index in [1.54, 1.807) is 35.2 Å². The van der Waals surface area contributed by atoms with Crippen LogP contribution in [0.15, 0.2) is 30.3 Å². The van der Waals surface area contributed by atoms with Crippen LogP contribution in [0.2, 0.25) is 0 Å². The van der Waals surface area contributed by atoms with Gasteiger partial charge >= 0.3 is 0 Å². The van der Waals surface area contributed by atoms with Gasteiger partial charge in [0.2, 0.25) is 11.6 Å². The Labute approximate surface area is 277 Å². The fourth-order valence-electron chi connectivity index (χ4n) is 1.80. The number of aliphatic hydroxyl groups is 1. The molecule has 0 aliphatic heterocycles. The van der Waals surface area contributed by atoms with E-state index >= 15 is 0 Å². The number of nitrogens with zero attached hydrogens (tertiary/aromatic N) is 3. The third-order valence-electron chi connectivity index (χ3n) is 2.88. The smallest absolute Gasteiger partial charge is 0.228 e. The molecule has 1 aromatic carbocycles. The Morgan fingerprint density at radius 2 is 2.14 bits per heavy atom. The van der Waals surface area contributed by atoms with Crippen molar-refractivity contribution in [1.82, 2.24) is 4.98 Å². The minimum Gasteiger partial charge on any atom is -0.439 e. The molecule has 7 heteroatoms. The van der Waals surface area contributed by atoms with Crippen molar-refractivity contribution >= 4 is 24.8 Å². The first-order valence-electron chi connectivity index (χ1n) is 53.3. The zero-order chi connectivity index (χ0) is 109. The Hall–Kier alpha value is -2.56. The lowest BCUT2D eigenvalue weighted by molar-refractivity contribution is 0.282. The van der Waals surface area contributed by atoms with Gasteiger partial charge in [0.1, 0.15) is 19.4 Å². The summed E-state index contributed by atoms with van der Waals surface area (Å²) < 4.78 is 476. The minimum absolute atomic E-state index is 0. The summed E-state index contributed by atoms with van der Waals surface area (Å²) >= 11 is 0. The van der Waals surface area contributed by atoms with Crippen molar-refractivity contribution in [2.24, 2.45) is 0 Å². The van der Waals surface area contributed by atoms with E-state index < -0.39 is 0 Å². The predicted molar refractivity (Wildman–Crippen MR) is 188 cm³/mol. The first-order valence-corrected chi connectivity index (χ1v) is 6.28. The molecule has 0 aliphatic rings. The van der Waals surface area contributed by atoms with E-state index in [0.717, 1.165) is 0 Å². The number of benzene rings is 1. The zero-order valence-electron chi connectivity index (χ0n) is 106. The molecular weight excluding hydrogens is 281 g/mol. The van der Waals surface area contributed by atoms with Gasteiger partial charge < -0.3 is 20.2 Å². The molecule has 0 unspecified atom stereocenters. The van der Waals surface area contributed by atoms with Gasteiger partial charge in [-0.05, 0) is 29.8 Å². The molecule has 2 radical (unpaired) electrons. The standard InChI is InChI=1S/C15H14BN3O2.H2O.48H2/c1-17-13-6-7-14(18-15(13)19(2)3)21-11-4-5-12(16)10(8-11)9-20;;;;;;;;;;;;;;;;;;;;;;;;;;;;;;;;;;;;;;;;;;;;;;;;;/h4-8,20H,9H2,2-3H3;1H2;48*1H/i;;47*1+1D;1+1. The normalized spacial score (nSPS) is 26.6. The molecule has 0 amide bonds. The summed E-state index contributed by atoms with van der Waals surface area (Å²) in [6.07, 6.45) is 0. The molecule has 2 rings (SSSR count). The van der Waals surface area contributed by atoms with Gasteiger partial charge in [0.15, 0.2) is 0 Å². The highest BCUT2D eigenvalue weighted by Gasteiger charge is 2.09. The molecule has 0 spiro atoms. The molecule has 1 aromatic heterocycles. The van der Waals surface area contributed by atoms with Crippen molar-refractivity contribution in [1.29, 1.82) is 0 Å². The Balaban J connectivity index is -0.00000000957. The molecule has 22 heavy (non-hydrogen) atoms. The number of hydrogen-bond acceptors (Lipinski definition) is 4. The summed E-state index contributed by atoms with van der Waals surface area (Å²) in [5.41, 5.74) is 1.56. The van der Waals surface area contributed by atoms with Crippen LogP contribution in [0, 0.1) is 6.57 Å². The van der Waals surface area contributed by atoms with Crippen molar-refractivity contribution in [2.75, 3.05) is 19.0 Å². The quantitative estimate of drug-likeness (QED) is 0.342. The zero-order valence-corrected chi connectivity index (χ0v) is 12.4. The molecule has 208 valence electrons. The molecule has 1 heterocycles. The van der Waals surface area contributed by atoms with Crippen LogP contribution >= 0.6 is 0 Å². The third kappa shape index (κ3) is 3.76. The first-order chi connectivity index (χ1) is 57.0. The fraction of sp³-hybridized carbons (Fsp3) is 0.200. The van der Waals surface area contributed by atoms with Crippen molar-refractivity contribution < 1.29 is 156 Å². The number of hydrogen-bond donors (Lipinski definition) is 1. The van der Waals surface area contributed by atoms with Crippen LogP contribution in [-0.2, 0) is 6.61 Å². The summed E-state index contributed by atoms with van der Waals surface area (Å²) in [4.78, 5) is 9.48. The van der Waals surface area contributed by atoms with E-state index in [0.29, 0.717) is 34.2 Å². The van der Waals surface area contributed by atoms with E-state index in [-0.39, 0.29) is 13.5 Å². The highest BCUT2D eigenvalue weighted by Crippen LogP contribution is 2.29. The molecule has 2 aromatic rings. The highest BCUT2D eigenvalue weighted by molar-refractivity contribution is 6.33. The number of rotatable bonds is 4. The topological polar surface area (TPSA) is 81.5 Å². The van der Waals surface area contributed by atoms with Gasteiger partial charge in [-0.25, -0.2) is 9.83 Å². The second-order valence-corrected chi connectivity index (χ2v) is 4.62. The van der Waals surface area contributed by atoms with Gasteiger partial charge in [0.25, 0.3) is 0 Å². The molecule has 3 N–H and O–H groups in total. The molecule has 0 aliphatic carbocycles. The lowest BCUT2D eigenvalue weighted by atomic mass is 9.91. The van der Waals surface area contributed by atoms with Crippen LogP contribution in [0.3, 0.4) is 0 Å². The maximum atomic E-state index is 9.20. The van der Waals surface area contributed by atoms with E-state index in [9.17, 15) is 5.11 Å². The fourth-order valence-corrected chi connectivity index (χ4v) is 1.80. The first kappa shape index (κ1) is 1.50. The average molecular weight is 489 g/mol. The molecule has 0 saturated carbocycles. The minimum atomic E-state index is -0.157. The van der Waals surface area contributed by atoms with Crippen molar-refractivity contribution in [2.45, 2.75) is 6.61 Å². The average Bonchev–Trinajstić information content (AvgIpc) is 0.841. The van der Waals surface area contributed by atoms with E-state index in [2.05, 4.69) is 9.83 Å². The number of ether oxygens (including phenoxy) is 1. The van der Waals surface area contributed by atoms with Gasteiger partial charge in [0.05, 0.1) is 13.2 Å². The monoisotopic (exact) mass is 489 g/mol. The lowest BCUT2D eigenvalue weighted by Gasteiger charge is -2.15. The summed E-state index contributed by atoms with van der Waals surface area (Å²) in [5.74, 6) is 1.45. The summed E-state index contributed by atoms with van der Waals surface area (Å²) in [6.45, 7) is 6.97. The van der Waals surface area contributed by atoms with Gasteiger partial charge in [-0.3, -0.25) is 0 Å². The molecule has 0 bridgehead atoms. The maximum absolute atomic E-state index is 9.20. The Bertz CT molecular complexity index is 781. The Morgan fingerprint density at radius 3 is 2.73 bits per heavy atom. The SMILES string of the molecule is O.[2HH].[2H][2H].[2H][2H].[2H][2H].[2H][2H].[2H][2H].[2H][2H].[2H][2H].[2H][2H].[2H][2H].[2H][2H].[2H][2H].[2H][2H].[2H][2H].[2H][2H].[2H][2H].[2H][2H].[2H][2H].[2H][2H].[2H][2H].[2H][2H].[2H][2H].[2H][2H].[2H][2H].[2H][2H].[2H][2H].[2H][2H].[2H][2H].[2H][2H].[2H][2H].[2H][2H].[2H][2H].[2H][2H].[2H][2H].[2H][2H].[2H][2H].[2H][2H].[2H][2H].[2H][2H].[2H][2H].[2H][2H].[2H][2H].[2H][2H].[2H][2H].[2H][2H].[2H][2H].[2H][2H].[2H][2H].[B]c1ccc(Oc2ccc([N+]#[C-])c(N(C)C)n2)cc1CO. The van der Waals surface area contributed by atoms with Gasteiger partial charge in [-0.15, -0.1) is 0 Å². The number of anilines is 1. The number of aliphatic hydroxyl groups excluding tert-OH is 1. The van der Waals surface area contributed by atoms with Crippen LogP contribution in [0.1, 0.15) is 147 Å². The second kappa shape index (κ2) is 7.45. The predicted octanol–water partition coefficient (Wildman–Crippen LogP) is 12.8. The molecule has 0 saturated heterocycles. The van der Waals surface area contributed by atoms with Gasteiger partial charge in [0, 0.05) is 155 Å². The maximum Gasteiger partial charge on any atom is 0.228 e. The molecule has 0 fully saturated rings. The van der Waals surface area contributed by atoms with Gasteiger partial charge in [-0.2, -0.15) is 0 Å². The second-order valence-electron chi connectivity index (χ2n) is 4.62. The van der Waals surface area contributed by atoms with Crippen molar-refractivity contribution in [3.8, 4) is 11.6 Å². The molecule has 0 atom stereocenters. The summed E-state index contributed by atoms with van der Waals surface area (Å²) in [6, 6.07) is 8.33. The highest BCUT2D eigenvalue weighted by atomic mass is 16.5. The van der Waals surface area contributed by atoms with Crippen LogP contribution < -0.4 is 15.1 Å². The number of pyridine rings is 1.